The van der Waals surface area contributed by atoms with Crippen LogP contribution < -0.4 is 14.4 Å². The molecule has 3 heterocycles. The fourth-order valence-corrected chi connectivity index (χ4v) is 5.67. The lowest BCUT2D eigenvalue weighted by molar-refractivity contribution is 0.0743. The topological polar surface area (TPSA) is 67.8 Å². The standard InChI is InChI=1S/C28H30N4O3S/c1-18-19(2)36-27-25(18)26(29-24(30-27)16-20-8-6-5-7-9-20)31-12-14-32(15-13-31)28(33)22-11-10-21(34-3)17-23(22)35-4/h5-11,17H,12-16H2,1-4H3. The molecule has 7 nitrogen and oxygen atoms in total. The molecule has 2 aromatic carbocycles. The van der Waals surface area contributed by atoms with Gasteiger partial charge in [-0.3, -0.25) is 4.79 Å². The van der Waals surface area contributed by atoms with E-state index in [2.05, 4.69) is 30.9 Å². The zero-order valence-corrected chi connectivity index (χ0v) is 21.9. The number of amides is 1. The largest absolute Gasteiger partial charge is 0.497 e. The smallest absolute Gasteiger partial charge is 0.257 e. The lowest BCUT2D eigenvalue weighted by atomic mass is 10.1. The molecular weight excluding hydrogens is 472 g/mol. The van der Waals surface area contributed by atoms with Crippen molar-refractivity contribution < 1.29 is 14.3 Å². The van der Waals surface area contributed by atoms with E-state index in [9.17, 15) is 4.79 Å². The van der Waals surface area contributed by atoms with Crippen LogP contribution in [0.5, 0.6) is 11.5 Å². The second kappa shape index (κ2) is 10.1. The minimum atomic E-state index is -0.0330. The van der Waals surface area contributed by atoms with E-state index in [4.69, 9.17) is 19.4 Å². The van der Waals surface area contributed by atoms with Gasteiger partial charge in [-0.25, -0.2) is 9.97 Å². The van der Waals surface area contributed by atoms with Gasteiger partial charge in [-0.05, 0) is 37.1 Å². The Hall–Kier alpha value is -3.65. The van der Waals surface area contributed by atoms with Crippen molar-refractivity contribution in [3.05, 3.63) is 75.9 Å². The molecule has 186 valence electrons. The molecule has 4 aromatic rings. The Bertz CT molecular complexity index is 1400. The molecule has 1 aliphatic rings. The van der Waals surface area contributed by atoms with Gasteiger partial charge >= 0.3 is 0 Å². The third-order valence-corrected chi connectivity index (χ3v) is 7.87. The van der Waals surface area contributed by atoms with Crippen molar-refractivity contribution in [3.63, 3.8) is 0 Å². The van der Waals surface area contributed by atoms with Crippen LogP contribution in [0.4, 0.5) is 5.82 Å². The third-order valence-electron chi connectivity index (χ3n) is 6.77. The fourth-order valence-electron chi connectivity index (χ4n) is 4.62. The number of piperazine rings is 1. The van der Waals surface area contributed by atoms with E-state index in [0.29, 0.717) is 49.7 Å². The zero-order chi connectivity index (χ0) is 25.2. The van der Waals surface area contributed by atoms with E-state index >= 15 is 0 Å². The summed E-state index contributed by atoms with van der Waals surface area (Å²) in [6.45, 7) is 6.91. The van der Waals surface area contributed by atoms with Gasteiger partial charge in [-0.2, -0.15) is 0 Å². The molecule has 1 fully saturated rings. The number of aryl methyl sites for hydroxylation is 2. The SMILES string of the molecule is COc1ccc(C(=O)N2CCN(c3nc(Cc4ccccc4)nc4sc(C)c(C)c34)CC2)c(OC)c1. The Balaban J connectivity index is 1.39. The van der Waals surface area contributed by atoms with Crippen LogP contribution in [0.2, 0.25) is 0 Å². The van der Waals surface area contributed by atoms with E-state index in [1.54, 1.807) is 43.8 Å². The highest BCUT2D eigenvalue weighted by molar-refractivity contribution is 7.18. The van der Waals surface area contributed by atoms with Gasteiger partial charge in [0.25, 0.3) is 5.91 Å². The number of methoxy groups -OCH3 is 2. The van der Waals surface area contributed by atoms with E-state index in [1.165, 1.54) is 16.0 Å². The summed E-state index contributed by atoms with van der Waals surface area (Å²) in [6.07, 6.45) is 0.690. The van der Waals surface area contributed by atoms with E-state index in [1.807, 2.05) is 23.1 Å². The number of ether oxygens (including phenoxy) is 2. The van der Waals surface area contributed by atoms with Crippen LogP contribution in [-0.4, -0.2) is 61.2 Å². The predicted octanol–water partition coefficient (Wildman–Crippen LogP) is 4.88. The molecule has 0 unspecified atom stereocenters. The first-order valence-corrected chi connectivity index (χ1v) is 12.9. The first-order valence-electron chi connectivity index (χ1n) is 12.0. The molecule has 1 amide bonds. The fraction of sp³-hybridized carbons (Fsp3) is 0.321. The summed E-state index contributed by atoms with van der Waals surface area (Å²) < 4.78 is 10.7. The third kappa shape index (κ3) is 4.60. The molecule has 0 bridgehead atoms. The van der Waals surface area contributed by atoms with Crippen molar-refractivity contribution in [2.75, 3.05) is 45.3 Å². The molecule has 0 aliphatic carbocycles. The van der Waals surface area contributed by atoms with Crippen molar-refractivity contribution in [1.29, 1.82) is 0 Å². The minimum absolute atomic E-state index is 0.0330. The number of thiophene rings is 1. The molecule has 5 rings (SSSR count). The number of hydrogen-bond donors (Lipinski definition) is 0. The van der Waals surface area contributed by atoms with Crippen LogP contribution in [0.15, 0.2) is 48.5 Å². The minimum Gasteiger partial charge on any atom is -0.497 e. The maximum atomic E-state index is 13.3. The highest BCUT2D eigenvalue weighted by Gasteiger charge is 2.27. The Labute approximate surface area is 215 Å². The molecule has 8 heteroatoms. The van der Waals surface area contributed by atoms with Gasteiger partial charge in [0.05, 0.1) is 25.2 Å². The number of carbonyl (C=O) groups excluding carboxylic acids is 1. The van der Waals surface area contributed by atoms with E-state index in [0.717, 1.165) is 21.9 Å². The maximum Gasteiger partial charge on any atom is 0.257 e. The monoisotopic (exact) mass is 502 g/mol. The van der Waals surface area contributed by atoms with Crippen molar-refractivity contribution >= 4 is 33.3 Å². The van der Waals surface area contributed by atoms with Gasteiger partial charge in [0.15, 0.2) is 0 Å². The molecule has 0 spiro atoms. The van der Waals surface area contributed by atoms with Crippen LogP contribution in [0, 0.1) is 13.8 Å². The van der Waals surface area contributed by atoms with Gasteiger partial charge in [-0.1, -0.05) is 30.3 Å². The average Bonchev–Trinajstić information content (AvgIpc) is 3.20. The molecular formula is C28H30N4O3S. The second-order valence-corrected chi connectivity index (χ2v) is 10.1. The summed E-state index contributed by atoms with van der Waals surface area (Å²) in [7, 11) is 3.17. The normalized spacial score (nSPS) is 13.8. The average molecular weight is 503 g/mol. The van der Waals surface area contributed by atoms with Crippen LogP contribution in [0.25, 0.3) is 10.2 Å². The number of rotatable bonds is 6. The number of benzene rings is 2. The number of hydrogen-bond acceptors (Lipinski definition) is 7. The molecule has 0 atom stereocenters. The molecule has 0 radical (unpaired) electrons. The van der Waals surface area contributed by atoms with Crippen LogP contribution >= 0.6 is 11.3 Å². The van der Waals surface area contributed by atoms with Gasteiger partial charge in [-0.15, -0.1) is 11.3 Å². The summed E-state index contributed by atoms with van der Waals surface area (Å²) in [5, 5.41) is 1.13. The van der Waals surface area contributed by atoms with Gasteiger partial charge in [0, 0.05) is 43.5 Å². The Morgan fingerprint density at radius 2 is 1.72 bits per heavy atom. The van der Waals surface area contributed by atoms with Gasteiger partial charge in [0.2, 0.25) is 0 Å². The Kier molecular flexibility index (Phi) is 6.78. The quantitative estimate of drug-likeness (QED) is 0.374. The molecule has 1 aliphatic heterocycles. The number of fused-ring (bicyclic) bond motifs is 1. The Morgan fingerprint density at radius 3 is 2.42 bits per heavy atom. The molecule has 1 saturated heterocycles. The molecule has 0 saturated carbocycles. The molecule has 36 heavy (non-hydrogen) atoms. The summed E-state index contributed by atoms with van der Waals surface area (Å²) in [6, 6.07) is 15.6. The van der Waals surface area contributed by atoms with Crippen molar-refractivity contribution in [3.8, 4) is 11.5 Å². The first-order chi connectivity index (χ1) is 17.5. The van der Waals surface area contributed by atoms with Gasteiger partial charge < -0.3 is 19.3 Å². The predicted molar refractivity (Wildman–Crippen MR) is 144 cm³/mol. The lowest BCUT2D eigenvalue weighted by Crippen LogP contribution is -2.49. The lowest BCUT2D eigenvalue weighted by Gasteiger charge is -2.36. The van der Waals surface area contributed by atoms with Crippen LogP contribution in [0.3, 0.4) is 0 Å². The Morgan fingerprint density at radius 1 is 0.972 bits per heavy atom. The highest BCUT2D eigenvalue weighted by Crippen LogP contribution is 2.36. The van der Waals surface area contributed by atoms with Crippen molar-refractivity contribution in [2.24, 2.45) is 0 Å². The van der Waals surface area contributed by atoms with Crippen LogP contribution in [-0.2, 0) is 6.42 Å². The van der Waals surface area contributed by atoms with E-state index < -0.39 is 0 Å². The number of carbonyl (C=O) groups is 1. The maximum absolute atomic E-state index is 13.3. The summed E-state index contributed by atoms with van der Waals surface area (Å²) >= 11 is 1.72. The first kappa shape index (κ1) is 24.1. The molecule has 0 N–H and O–H groups in total. The van der Waals surface area contributed by atoms with Crippen molar-refractivity contribution in [2.45, 2.75) is 20.3 Å². The summed E-state index contributed by atoms with van der Waals surface area (Å²) in [5.74, 6) is 2.95. The number of nitrogens with zero attached hydrogens (tertiary/aromatic N) is 4. The van der Waals surface area contributed by atoms with E-state index in [-0.39, 0.29) is 5.91 Å². The zero-order valence-electron chi connectivity index (χ0n) is 21.1. The number of anilines is 1. The number of aromatic nitrogens is 2. The highest BCUT2D eigenvalue weighted by atomic mass is 32.1. The van der Waals surface area contributed by atoms with Crippen molar-refractivity contribution in [1.82, 2.24) is 14.9 Å². The molecule has 2 aromatic heterocycles. The second-order valence-electron chi connectivity index (χ2n) is 8.93. The van der Waals surface area contributed by atoms with Crippen LogP contribution in [0.1, 0.15) is 32.2 Å². The summed E-state index contributed by atoms with van der Waals surface area (Å²) in [5.41, 5.74) is 2.97. The summed E-state index contributed by atoms with van der Waals surface area (Å²) in [4.78, 5) is 29.8. The van der Waals surface area contributed by atoms with Gasteiger partial charge in [0.1, 0.15) is 28.0 Å².